The van der Waals surface area contributed by atoms with Gasteiger partial charge in [-0.1, -0.05) is 233 Å². The van der Waals surface area contributed by atoms with Gasteiger partial charge in [0.25, 0.3) is 0 Å². The van der Waals surface area contributed by atoms with Gasteiger partial charge in [-0.25, -0.2) is 17.6 Å². The molecule has 0 radical (unpaired) electrons. The SMILES string of the molecule is CC(C)(C)c1cc(F)cc(F)c1.CC(C)(C)c1ccc(Cl)cc1.CC(C)(C)c1ccc(F)c(F)c1.CC(C)(C)c1ccc2c(c1)OCO2.CC(C)(C)c1ccc2ccccc2c1.Cc1ccc(C(C)(C)C)cc1. The number of benzene rings is 7. The minimum Gasteiger partial charge on any atom is -0.454 e. The second-order valence-corrected chi connectivity index (χ2v) is 25.2. The third-order valence-electron chi connectivity index (χ3n) is 12.0. The highest BCUT2D eigenvalue weighted by Crippen LogP contribution is 2.36. The molecule has 7 heteroatoms. The molecular formula is C66H83ClF4O2. The van der Waals surface area contributed by atoms with E-state index in [1.165, 1.54) is 56.8 Å². The molecular weight excluding hydrogens is 936 g/mol. The number of ether oxygens (including phenoxy) is 2. The molecule has 8 rings (SSSR count). The topological polar surface area (TPSA) is 18.5 Å². The number of hydrogen-bond acceptors (Lipinski definition) is 2. The Morgan fingerprint density at radius 1 is 0.342 bits per heavy atom. The molecule has 0 saturated heterocycles. The van der Waals surface area contributed by atoms with E-state index in [1.54, 1.807) is 6.07 Å². The van der Waals surface area contributed by atoms with E-state index in [4.69, 9.17) is 21.1 Å². The summed E-state index contributed by atoms with van der Waals surface area (Å²) >= 11 is 5.76. The highest BCUT2D eigenvalue weighted by Gasteiger charge is 2.20. The Bertz CT molecular complexity index is 2730. The highest BCUT2D eigenvalue weighted by atomic mass is 35.5. The molecule has 0 unspecified atom stereocenters. The Kier molecular flexibility index (Phi) is 21.6. The summed E-state index contributed by atoms with van der Waals surface area (Å²) in [6, 6.07) is 45.7. The summed E-state index contributed by atoms with van der Waals surface area (Å²) in [4.78, 5) is 0. The van der Waals surface area contributed by atoms with Crippen LogP contribution >= 0.6 is 11.6 Å². The number of aryl methyl sites for hydroxylation is 1. The first-order valence-corrected chi connectivity index (χ1v) is 25.5. The second kappa shape index (κ2) is 25.6. The average molecular weight is 1020 g/mol. The average Bonchev–Trinajstić information content (AvgIpc) is 3.75. The van der Waals surface area contributed by atoms with E-state index in [0.29, 0.717) is 12.4 Å². The fraction of sp³-hybridized carbons (Fsp3) is 0.394. The van der Waals surface area contributed by atoms with Crippen molar-refractivity contribution in [2.24, 2.45) is 0 Å². The maximum atomic E-state index is 12.7. The molecule has 7 aromatic rings. The van der Waals surface area contributed by atoms with E-state index in [0.717, 1.165) is 34.2 Å². The van der Waals surface area contributed by atoms with Crippen LogP contribution in [0.1, 0.15) is 164 Å². The second-order valence-electron chi connectivity index (χ2n) is 24.8. The van der Waals surface area contributed by atoms with Crippen LogP contribution in [0.3, 0.4) is 0 Å². The zero-order valence-electron chi connectivity index (χ0n) is 47.3. The smallest absolute Gasteiger partial charge is 0.231 e. The number of rotatable bonds is 0. The van der Waals surface area contributed by atoms with E-state index >= 15 is 0 Å². The van der Waals surface area contributed by atoms with Crippen molar-refractivity contribution in [1.82, 2.24) is 0 Å². The van der Waals surface area contributed by atoms with Gasteiger partial charge in [-0.2, -0.15) is 0 Å². The Morgan fingerprint density at radius 3 is 1.19 bits per heavy atom. The first kappa shape index (κ1) is 61.7. The molecule has 1 aliphatic rings. The van der Waals surface area contributed by atoms with Gasteiger partial charge in [-0.15, -0.1) is 0 Å². The molecule has 1 aliphatic heterocycles. The normalized spacial score (nSPS) is 12.3. The Labute approximate surface area is 442 Å². The maximum Gasteiger partial charge on any atom is 0.231 e. The summed E-state index contributed by atoms with van der Waals surface area (Å²) < 4.78 is 61.2. The Morgan fingerprint density at radius 2 is 0.726 bits per heavy atom. The van der Waals surface area contributed by atoms with E-state index in [2.05, 4.69) is 181 Å². The minimum absolute atomic E-state index is 0.130. The van der Waals surface area contributed by atoms with Crippen LogP contribution < -0.4 is 9.47 Å². The van der Waals surface area contributed by atoms with Gasteiger partial charge in [0, 0.05) is 11.1 Å². The van der Waals surface area contributed by atoms with Gasteiger partial charge in [0.1, 0.15) is 11.6 Å². The molecule has 2 nitrogen and oxygen atoms in total. The van der Waals surface area contributed by atoms with Crippen LogP contribution in [-0.2, 0) is 32.5 Å². The molecule has 394 valence electrons. The third-order valence-corrected chi connectivity index (χ3v) is 12.2. The predicted octanol–water partition coefficient (Wildman–Crippen LogP) is 20.3. The summed E-state index contributed by atoms with van der Waals surface area (Å²) in [5, 5.41) is 3.46. The number of fused-ring (bicyclic) bond motifs is 2. The summed E-state index contributed by atoms with van der Waals surface area (Å²) in [5.74, 6) is -0.870. The molecule has 0 bridgehead atoms. The van der Waals surface area contributed by atoms with Crippen molar-refractivity contribution in [3.05, 3.63) is 213 Å². The summed E-state index contributed by atoms with van der Waals surface area (Å²) in [5.41, 5.74) is 8.80. The van der Waals surface area contributed by atoms with Crippen LogP contribution in [0.15, 0.2) is 146 Å². The maximum absolute atomic E-state index is 12.7. The number of halogens is 5. The predicted molar refractivity (Wildman–Crippen MR) is 304 cm³/mol. The van der Waals surface area contributed by atoms with E-state index < -0.39 is 23.3 Å². The highest BCUT2D eigenvalue weighted by molar-refractivity contribution is 6.30. The van der Waals surface area contributed by atoms with Crippen LogP contribution in [0.4, 0.5) is 17.6 Å². The molecule has 7 aromatic carbocycles. The molecule has 0 atom stereocenters. The van der Waals surface area contributed by atoms with E-state index in [1.807, 2.05) is 59.7 Å². The van der Waals surface area contributed by atoms with Crippen molar-refractivity contribution in [3.63, 3.8) is 0 Å². The van der Waals surface area contributed by atoms with E-state index in [9.17, 15) is 17.6 Å². The lowest BCUT2D eigenvalue weighted by atomic mass is 9.86. The molecule has 0 aliphatic carbocycles. The first-order chi connectivity index (χ1) is 33.4. The lowest BCUT2D eigenvalue weighted by Gasteiger charge is -2.19. The van der Waals surface area contributed by atoms with Crippen molar-refractivity contribution >= 4 is 22.4 Å². The van der Waals surface area contributed by atoms with Crippen LogP contribution in [0, 0.1) is 30.2 Å². The molecule has 0 fully saturated rings. The van der Waals surface area contributed by atoms with Crippen molar-refractivity contribution in [2.75, 3.05) is 6.79 Å². The molecule has 0 amide bonds. The van der Waals surface area contributed by atoms with Crippen molar-refractivity contribution in [1.29, 1.82) is 0 Å². The van der Waals surface area contributed by atoms with Gasteiger partial charge < -0.3 is 9.47 Å². The zero-order chi connectivity index (χ0) is 55.3. The van der Waals surface area contributed by atoms with Crippen molar-refractivity contribution in [3.8, 4) is 11.5 Å². The fourth-order valence-electron chi connectivity index (χ4n) is 6.97. The van der Waals surface area contributed by atoms with Gasteiger partial charge in [0.15, 0.2) is 23.1 Å². The van der Waals surface area contributed by atoms with Gasteiger partial charge in [0.05, 0.1) is 0 Å². The largest absolute Gasteiger partial charge is 0.454 e. The zero-order valence-corrected chi connectivity index (χ0v) is 48.0. The van der Waals surface area contributed by atoms with Crippen molar-refractivity contribution < 1.29 is 27.0 Å². The fourth-order valence-corrected chi connectivity index (χ4v) is 7.10. The van der Waals surface area contributed by atoms with Crippen molar-refractivity contribution in [2.45, 2.75) is 164 Å². The molecule has 73 heavy (non-hydrogen) atoms. The third kappa shape index (κ3) is 21.0. The van der Waals surface area contributed by atoms with Gasteiger partial charge in [-0.3, -0.25) is 0 Å². The molecule has 0 N–H and O–H groups in total. The van der Waals surface area contributed by atoms with Crippen LogP contribution in [0.25, 0.3) is 10.8 Å². The molecule has 1 heterocycles. The summed E-state index contributed by atoms with van der Waals surface area (Å²) in [7, 11) is 0. The summed E-state index contributed by atoms with van der Waals surface area (Å²) in [6.07, 6.45) is 0. The molecule has 0 aromatic heterocycles. The lowest BCUT2D eigenvalue weighted by Crippen LogP contribution is -2.11. The monoisotopic (exact) mass is 1020 g/mol. The van der Waals surface area contributed by atoms with Crippen LogP contribution in [0.2, 0.25) is 5.02 Å². The first-order valence-electron chi connectivity index (χ1n) is 25.1. The Hall–Kier alpha value is -5.59. The van der Waals surface area contributed by atoms with Gasteiger partial charge in [0.2, 0.25) is 6.79 Å². The quantitative estimate of drug-likeness (QED) is 0.141. The molecule has 0 spiro atoms. The Balaban J connectivity index is 0.000000232. The molecule has 0 saturated carbocycles. The van der Waals surface area contributed by atoms with Gasteiger partial charge >= 0.3 is 0 Å². The lowest BCUT2D eigenvalue weighted by molar-refractivity contribution is 0.174. The van der Waals surface area contributed by atoms with Crippen LogP contribution in [0.5, 0.6) is 11.5 Å². The summed E-state index contributed by atoms with van der Waals surface area (Å²) in [6.45, 7) is 40.7. The van der Waals surface area contributed by atoms with Crippen LogP contribution in [-0.4, -0.2) is 6.79 Å². The minimum atomic E-state index is -0.789. The van der Waals surface area contributed by atoms with Gasteiger partial charge in [-0.05, 0) is 132 Å². The number of hydrogen-bond donors (Lipinski definition) is 0. The van der Waals surface area contributed by atoms with E-state index in [-0.39, 0.29) is 32.5 Å². The standard InChI is InChI=1S/C14H16.C11H14O2.C11H16.C10H13Cl.2C10H12F2/c1-14(2,3)13-9-8-11-6-4-5-7-12(11)10-13;1-11(2,3)8-4-5-9-10(6-8)13-7-12-9;1-9-5-7-10(8-6-9)11(2,3)4;1-10(2,3)8-4-6-9(11)7-5-8;1-10(2,3)7-4-8(11)6-9(12)5-7;1-10(2,3)7-4-5-8(11)9(12)6-7/h4-10H,1-3H3;4-6H,7H2,1-3H3;5-8H,1-4H3;4-7H,1-3H3;2*4-6H,1-3H3.